The van der Waals surface area contributed by atoms with Crippen molar-refractivity contribution in [3.05, 3.63) is 162 Å². The highest BCUT2D eigenvalue weighted by Gasteiger charge is 2.27. The Morgan fingerprint density at radius 1 is 0.289 bits per heavy atom. The molecule has 12 aromatic rings. The zero-order chi connectivity index (χ0) is 95.6. The van der Waals surface area contributed by atoms with Gasteiger partial charge in [-0.3, -0.25) is 19.6 Å². The van der Waals surface area contributed by atoms with Crippen LogP contribution in [0.1, 0.15) is 169 Å². The number of piperidine rings is 2. The number of ether oxygens (including phenoxy) is 13. The number of anilines is 4. The summed E-state index contributed by atoms with van der Waals surface area (Å²) < 4.78 is 75.8. The van der Waals surface area contributed by atoms with Gasteiger partial charge in [0.25, 0.3) is 0 Å². The molecule has 4 unspecified atom stereocenters. The minimum atomic E-state index is -0.325. The molecule has 0 saturated carbocycles. The van der Waals surface area contributed by atoms with Gasteiger partial charge in [-0.05, 0) is 234 Å². The second kappa shape index (κ2) is 49.2. The van der Waals surface area contributed by atoms with E-state index in [0.29, 0.717) is 61.2 Å². The summed E-state index contributed by atoms with van der Waals surface area (Å²) >= 11 is 6.46. The van der Waals surface area contributed by atoms with Crippen molar-refractivity contribution in [2.45, 2.75) is 159 Å². The minimum Gasteiger partial charge on any atom is -0.493 e. The lowest BCUT2D eigenvalue weighted by molar-refractivity contribution is 0.0321. The monoisotopic (exact) mass is 1920 g/mol. The second-order valence-electron chi connectivity index (χ2n) is 33.4. The number of nitrogen functional groups attached to an aromatic ring is 4. The highest BCUT2D eigenvalue weighted by molar-refractivity contribution is 7.16. The van der Waals surface area contributed by atoms with Crippen molar-refractivity contribution < 1.29 is 61.6 Å². The molecular weight excluding hydrogens is 1790 g/mol. The quantitative estimate of drug-likeness (QED) is 0.0283. The summed E-state index contributed by atoms with van der Waals surface area (Å²) in [6.45, 7) is 39.8. The number of morpholine rings is 1. The third kappa shape index (κ3) is 29.0. The molecule has 0 aliphatic carbocycles. The Hall–Kier alpha value is -11.7. The van der Waals surface area contributed by atoms with Crippen LogP contribution < -0.4 is 79.8 Å². The Bertz CT molecular complexity index is 5340. The van der Waals surface area contributed by atoms with E-state index in [-0.39, 0.29) is 48.5 Å². The molecule has 12 heterocycles. The van der Waals surface area contributed by atoms with E-state index in [9.17, 15) is 0 Å². The second-order valence-corrected chi connectivity index (χ2v) is 38.2. The standard InChI is InChI=1S/2C25H33N5O3S.C24H31N5O4S.C24H31N5O3S/c2*1-16-14-22(26)28-25(27-16)33-17(2)23-18(3)34-24(29-23)19-8-9-20(31-4)21(15-19)32-13-12-30-10-6-5-7-11-30;1-15-13-21(25)27-24(26-15)33-16(2)22-17(3)34-23(28-22)18-5-6-19(30-4)20(14-18)32-12-9-29-7-10-31-11-8-29;1-15-13-21(25)27-24(26-15)32-16(2)22-17(3)33-23(28-22)18-7-8-19(30-4)20(14-18)31-12-11-29-9-5-6-10-29/h2*8-9,14-15,17H,5-7,10-13H2,1-4H3,(H2,26,27,28);5-6,13-14,16H,7-12H2,1-4H3,(H2,25,26,27);7-8,13-14,16H,5-6,9-12H2,1-4H3,(H2,25,26,27). The Morgan fingerprint density at radius 2 is 0.511 bits per heavy atom. The van der Waals surface area contributed by atoms with E-state index in [1.807, 2.05) is 156 Å². The van der Waals surface area contributed by atoms with E-state index >= 15 is 0 Å². The zero-order valence-electron chi connectivity index (χ0n) is 80.3. The van der Waals surface area contributed by atoms with Crippen LogP contribution >= 0.6 is 45.3 Å². The third-order valence-electron chi connectivity index (χ3n) is 22.9. The van der Waals surface area contributed by atoms with Crippen molar-refractivity contribution in [1.29, 1.82) is 0 Å². The molecule has 33 nitrogen and oxygen atoms in total. The summed E-state index contributed by atoms with van der Waals surface area (Å²) in [6.07, 6.45) is 9.04. The molecule has 0 amide bonds. The van der Waals surface area contributed by atoms with Crippen molar-refractivity contribution in [3.8, 4) is 112 Å². The molecule has 4 aliphatic rings. The van der Waals surface area contributed by atoms with Crippen LogP contribution in [0.5, 0.6) is 70.0 Å². The van der Waals surface area contributed by atoms with Crippen LogP contribution in [0, 0.1) is 55.4 Å². The number of thiazole rings is 4. The van der Waals surface area contributed by atoms with Gasteiger partial charge in [-0.1, -0.05) is 12.8 Å². The van der Waals surface area contributed by atoms with Gasteiger partial charge in [0.15, 0.2) is 46.0 Å². The largest absolute Gasteiger partial charge is 0.493 e. The van der Waals surface area contributed by atoms with Crippen molar-refractivity contribution in [3.63, 3.8) is 0 Å². The van der Waals surface area contributed by atoms with Crippen LogP contribution in [0.4, 0.5) is 23.3 Å². The number of likely N-dealkylation sites (tertiary alicyclic amines) is 3. The molecule has 0 bridgehead atoms. The molecule has 8 N–H and O–H groups in total. The summed E-state index contributed by atoms with van der Waals surface area (Å²) in [5.74, 6) is 7.31. The SMILES string of the molecule is COc1ccc(-c2nc(C(C)Oc3nc(C)cc(N)n3)c(C)s2)cc1OCCN1CCCC1.COc1ccc(-c2nc(C(C)Oc3nc(C)cc(N)n3)c(C)s2)cc1OCCN1CCCCC1.COc1ccc(-c2nc(C(C)Oc3nc(C)cc(N)n3)c(C)s2)cc1OCCN1CCCCC1.COc1ccc(-c2nc(C(C)Oc3nc(C)cc(N)n3)c(C)s2)cc1OCCN1CCOCC1. The van der Waals surface area contributed by atoms with E-state index in [2.05, 4.69) is 59.5 Å². The number of methoxy groups -OCH3 is 4. The molecule has 8 aromatic heterocycles. The number of hydrogen-bond acceptors (Lipinski definition) is 37. The van der Waals surface area contributed by atoms with Gasteiger partial charge < -0.3 is 84.5 Å². The van der Waals surface area contributed by atoms with Gasteiger partial charge in [0, 0.05) is 128 Å². The number of hydrogen-bond donors (Lipinski definition) is 4. The highest BCUT2D eigenvalue weighted by atomic mass is 32.1. The first kappa shape index (κ1) is 101. The summed E-state index contributed by atoms with van der Waals surface area (Å²) in [5.41, 5.74) is 33.7. The fourth-order valence-corrected chi connectivity index (χ4v) is 20.0. The van der Waals surface area contributed by atoms with Gasteiger partial charge in [-0.2, -0.15) is 19.9 Å². The lowest BCUT2D eigenvalue weighted by atomic mass is 10.1. The van der Waals surface area contributed by atoms with Gasteiger partial charge in [-0.25, -0.2) is 39.9 Å². The van der Waals surface area contributed by atoms with E-state index in [1.165, 1.54) is 51.4 Å². The number of benzene rings is 4. The van der Waals surface area contributed by atoms with Crippen molar-refractivity contribution >= 4 is 68.6 Å². The average molecular weight is 1920 g/mol. The number of aryl methyl sites for hydroxylation is 8. The fraction of sp³-hybridized carbons (Fsp3) is 0.469. The Labute approximate surface area is 807 Å². The zero-order valence-corrected chi connectivity index (χ0v) is 83.6. The summed E-state index contributed by atoms with van der Waals surface area (Å²) in [6, 6.07) is 31.6. The number of rotatable bonds is 36. The molecular formula is C98H128N20O13S4. The lowest BCUT2D eigenvalue weighted by Gasteiger charge is -2.26. The molecule has 0 radical (unpaired) electrons. The minimum absolute atomic E-state index is 0.249. The summed E-state index contributed by atoms with van der Waals surface area (Å²) in [4.78, 5) is 67.4. The van der Waals surface area contributed by atoms with E-state index in [0.717, 1.165) is 234 Å². The predicted molar refractivity (Wildman–Crippen MR) is 532 cm³/mol. The molecule has 4 saturated heterocycles. The molecule has 135 heavy (non-hydrogen) atoms. The van der Waals surface area contributed by atoms with E-state index < -0.39 is 0 Å². The van der Waals surface area contributed by atoms with Gasteiger partial charge in [0.05, 0.1) is 64.4 Å². The first-order valence-electron chi connectivity index (χ1n) is 45.9. The first-order valence-corrected chi connectivity index (χ1v) is 49.2. The third-order valence-corrected chi connectivity index (χ3v) is 27.1. The fourth-order valence-electron chi connectivity index (χ4n) is 16.0. The molecule has 4 atom stereocenters. The van der Waals surface area contributed by atoms with Gasteiger partial charge in [-0.15, -0.1) is 45.3 Å². The summed E-state index contributed by atoms with van der Waals surface area (Å²) in [5, 5.41) is 3.58. The normalized spacial score (nSPS) is 15.1. The molecule has 4 fully saturated rings. The maximum absolute atomic E-state index is 6.14. The lowest BCUT2D eigenvalue weighted by Crippen LogP contribution is -2.38. The van der Waals surface area contributed by atoms with Gasteiger partial charge in [0.1, 0.15) is 94.1 Å². The molecule has 722 valence electrons. The van der Waals surface area contributed by atoms with Crippen molar-refractivity contribution in [1.82, 2.24) is 79.4 Å². The maximum Gasteiger partial charge on any atom is 0.319 e. The van der Waals surface area contributed by atoms with Crippen molar-refractivity contribution in [2.24, 2.45) is 0 Å². The van der Waals surface area contributed by atoms with Crippen LogP contribution in [-0.2, 0) is 4.74 Å². The Morgan fingerprint density at radius 3 is 0.733 bits per heavy atom. The van der Waals surface area contributed by atoms with Gasteiger partial charge >= 0.3 is 24.0 Å². The predicted octanol–water partition coefficient (Wildman–Crippen LogP) is 17.7. The number of nitrogens with two attached hydrogens (primary N) is 4. The Kier molecular flexibility index (Phi) is 36.7. The highest BCUT2D eigenvalue weighted by Crippen LogP contribution is 2.43. The topological polar surface area (TPSA) is 392 Å². The number of nitrogens with zero attached hydrogens (tertiary/aromatic N) is 16. The van der Waals surface area contributed by atoms with Crippen LogP contribution in [0.2, 0.25) is 0 Å². The molecule has 0 spiro atoms. The Balaban J connectivity index is 0.000000152. The molecule has 37 heteroatoms. The average Bonchev–Trinajstić information content (AvgIpc) is 1.68. The van der Waals surface area contributed by atoms with E-state index in [1.54, 1.807) is 98.1 Å². The van der Waals surface area contributed by atoms with Crippen LogP contribution in [-0.4, -0.2) is 226 Å². The smallest absolute Gasteiger partial charge is 0.319 e. The van der Waals surface area contributed by atoms with E-state index in [4.69, 9.17) is 104 Å². The van der Waals surface area contributed by atoms with Crippen LogP contribution in [0.15, 0.2) is 97.1 Å². The van der Waals surface area contributed by atoms with Gasteiger partial charge in [0.2, 0.25) is 0 Å². The first-order chi connectivity index (χ1) is 65.2. The molecule has 4 aromatic carbocycles. The van der Waals surface area contributed by atoms with Crippen LogP contribution in [0.25, 0.3) is 42.3 Å². The maximum atomic E-state index is 6.14. The van der Waals surface area contributed by atoms with Crippen LogP contribution in [0.3, 0.4) is 0 Å². The number of aromatic nitrogens is 12. The van der Waals surface area contributed by atoms with Crippen molar-refractivity contribution in [2.75, 3.05) is 170 Å². The molecule has 16 rings (SSSR count). The summed E-state index contributed by atoms with van der Waals surface area (Å²) in [7, 11) is 6.64. The molecule has 4 aliphatic heterocycles.